The summed E-state index contributed by atoms with van der Waals surface area (Å²) in [5, 5.41) is 3.25. The fraction of sp³-hybridized carbons (Fsp3) is 0.769. The Kier molecular flexibility index (Phi) is 4.85. The second-order valence-corrected chi connectivity index (χ2v) is 7.62. The molecule has 0 radical (unpaired) electrons. The van der Waals surface area contributed by atoms with E-state index in [1.165, 1.54) is 38.4 Å². The third-order valence-electron chi connectivity index (χ3n) is 3.61. The van der Waals surface area contributed by atoms with E-state index in [0.717, 1.165) is 5.95 Å². The van der Waals surface area contributed by atoms with E-state index in [2.05, 4.69) is 14.9 Å². The topological polar surface area (TPSA) is 64.0 Å². The molecule has 19 heavy (non-hydrogen) atoms. The van der Waals surface area contributed by atoms with Crippen molar-refractivity contribution < 1.29 is 8.42 Å². The Morgan fingerprint density at radius 2 is 2.11 bits per heavy atom. The Labute approximate surface area is 115 Å². The van der Waals surface area contributed by atoms with E-state index in [0.29, 0.717) is 19.0 Å². The lowest BCUT2D eigenvalue weighted by atomic mass is 9.95. The number of sulfone groups is 1. The van der Waals surface area contributed by atoms with E-state index in [1.54, 1.807) is 0 Å². The predicted octanol–water partition coefficient (Wildman–Crippen LogP) is 2.23. The van der Waals surface area contributed by atoms with Crippen LogP contribution in [0.1, 0.15) is 44.6 Å². The minimum Gasteiger partial charge on any atom is -0.356 e. The molecule has 108 valence electrons. The molecule has 1 fully saturated rings. The molecule has 5 nitrogen and oxygen atoms in total. The van der Waals surface area contributed by atoms with Crippen molar-refractivity contribution in [1.82, 2.24) is 9.55 Å². The van der Waals surface area contributed by atoms with Crippen molar-refractivity contribution in [2.45, 2.75) is 44.6 Å². The molecule has 0 bridgehead atoms. The third-order valence-corrected chi connectivity index (χ3v) is 4.64. The van der Waals surface area contributed by atoms with Crippen LogP contribution >= 0.6 is 0 Å². The normalized spacial score (nSPS) is 17.5. The third kappa shape index (κ3) is 4.53. The molecule has 1 saturated carbocycles. The average molecular weight is 285 g/mol. The second-order valence-electron chi connectivity index (χ2n) is 5.36. The van der Waals surface area contributed by atoms with Gasteiger partial charge in [0.15, 0.2) is 0 Å². The molecule has 0 aromatic carbocycles. The zero-order valence-corrected chi connectivity index (χ0v) is 12.3. The summed E-state index contributed by atoms with van der Waals surface area (Å²) >= 11 is 0. The van der Waals surface area contributed by atoms with Crippen molar-refractivity contribution in [3.8, 4) is 0 Å². The Hall–Kier alpha value is -1.04. The number of anilines is 1. The van der Waals surface area contributed by atoms with Gasteiger partial charge in [0.25, 0.3) is 0 Å². The van der Waals surface area contributed by atoms with Gasteiger partial charge >= 0.3 is 0 Å². The highest BCUT2D eigenvalue weighted by Crippen LogP contribution is 2.29. The standard InChI is InChI=1S/C13H23N3O2S/c1-19(17,18)11-5-8-14-13-15-9-10-16(13)12-6-3-2-4-7-12/h9-10,12H,2-8,11H2,1H3,(H,14,15). The van der Waals surface area contributed by atoms with Gasteiger partial charge in [-0.25, -0.2) is 13.4 Å². The molecular formula is C13H23N3O2S. The van der Waals surface area contributed by atoms with Crippen LogP contribution in [-0.2, 0) is 9.84 Å². The fourth-order valence-electron chi connectivity index (χ4n) is 2.64. The molecule has 1 heterocycles. The molecular weight excluding hydrogens is 262 g/mol. The summed E-state index contributed by atoms with van der Waals surface area (Å²) in [6.07, 6.45) is 12.1. The van der Waals surface area contributed by atoms with Crippen LogP contribution in [0, 0.1) is 0 Å². The second kappa shape index (κ2) is 6.41. The number of hydrogen-bond acceptors (Lipinski definition) is 4. The minimum absolute atomic E-state index is 0.226. The molecule has 0 amide bonds. The monoisotopic (exact) mass is 285 g/mol. The SMILES string of the molecule is CS(=O)(=O)CCCNc1nccn1C1CCCCC1. The highest BCUT2D eigenvalue weighted by atomic mass is 32.2. The van der Waals surface area contributed by atoms with Gasteiger partial charge in [0.05, 0.1) is 5.75 Å². The Morgan fingerprint density at radius 3 is 2.79 bits per heavy atom. The maximum atomic E-state index is 11.1. The van der Waals surface area contributed by atoms with Gasteiger partial charge in [-0.15, -0.1) is 0 Å². The highest BCUT2D eigenvalue weighted by molar-refractivity contribution is 7.90. The first-order valence-electron chi connectivity index (χ1n) is 7.01. The molecule has 1 N–H and O–H groups in total. The Balaban J connectivity index is 1.85. The lowest BCUT2D eigenvalue weighted by molar-refractivity contribution is 0.356. The van der Waals surface area contributed by atoms with Crippen LogP contribution < -0.4 is 5.32 Å². The largest absolute Gasteiger partial charge is 0.356 e. The summed E-state index contributed by atoms with van der Waals surface area (Å²) in [5.41, 5.74) is 0. The Morgan fingerprint density at radius 1 is 1.37 bits per heavy atom. The van der Waals surface area contributed by atoms with E-state index in [9.17, 15) is 8.42 Å². The summed E-state index contributed by atoms with van der Waals surface area (Å²) in [4.78, 5) is 4.33. The lowest BCUT2D eigenvalue weighted by Gasteiger charge is -2.24. The fourth-order valence-corrected chi connectivity index (χ4v) is 3.31. The first-order valence-corrected chi connectivity index (χ1v) is 9.07. The minimum atomic E-state index is -2.86. The molecule has 2 rings (SSSR count). The maximum absolute atomic E-state index is 11.1. The number of nitrogens with zero attached hydrogens (tertiary/aromatic N) is 2. The van der Waals surface area contributed by atoms with E-state index in [-0.39, 0.29) is 5.75 Å². The number of hydrogen-bond donors (Lipinski definition) is 1. The summed E-state index contributed by atoms with van der Waals surface area (Å²) in [7, 11) is -2.86. The van der Waals surface area contributed by atoms with Crippen LogP contribution in [0.2, 0.25) is 0 Å². The van der Waals surface area contributed by atoms with Gasteiger partial charge in [0.2, 0.25) is 5.95 Å². The van der Waals surface area contributed by atoms with Crippen molar-refractivity contribution in [2.75, 3.05) is 23.9 Å². The van der Waals surface area contributed by atoms with Crippen LogP contribution in [-0.4, -0.2) is 36.5 Å². The smallest absolute Gasteiger partial charge is 0.203 e. The molecule has 0 unspecified atom stereocenters. The van der Waals surface area contributed by atoms with Crippen LogP contribution in [0.15, 0.2) is 12.4 Å². The molecule has 0 saturated heterocycles. The van der Waals surface area contributed by atoms with Gasteiger partial charge in [-0.2, -0.15) is 0 Å². The van der Waals surface area contributed by atoms with Crippen molar-refractivity contribution >= 4 is 15.8 Å². The van der Waals surface area contributed by atoms with Crippen LogP contribution in [0.5, 0.6) is 0 Å². The predicted molar refractivity (Wildman–Crippen MR) is 77.2 cm³/mol. The molecule has 1 aliphatic rings. The van der Waals surface area contributed by atoms with E-state index in [1.807, 2.05) is 12.4 Å². The highest BCUT2D eigenvalue weighted by Gasteiger charge is 2.17. The number of aromatic nitrogens is 2. The summed E-state index contributed by atoms with van der Waals surface area (Å²) in [6, 6.07) is 0.550. The molecule has 0 spiro atoms. The van der Waals surface area contributed by atoms with Gasteiger partial charge < -0.3 is 9.88 Å². The van der Waals surface area contributed by atoms with E-state index in [4.69, 9.17) is 0 Å². The molecule has 1 aromatic rings. The number of imidazole rings is 1. The van der Waals surface area contributed by atoms with Gasteiger partial charge in [-0.05, 0) is 19.3 Å². The average Bonchev–Trinajstić information content (AvgIpc) is 2.83. The molecule has 0 aliphatic heterocycles. The molecule has 0 atom stereocenters. The quantitative estimate of drug-likeness (QED) is 0.814. The van der Waals surface area contributed by atoms with Gasteiger partial charge in [-0.1, -0.05) is 19.3 Å². The van der Waals surface area contributed by atoms with Crippen LogP contribution in [0.4, 0.5) is 5.95 Å². The van der Waals surface area contributed by atoms with E-state index < -0.39 is 9.84 Å². The van der Waals surface area contributed by atoms with Crippen molar-refractivity contribution in [3.05, 3.63) is 12.4 Å². The summed E-state index contributed by atoms with van der Waals surface area (Å²) in [6.45, 7) is 0.650. The molecule has 1 aliphatic carbocycles. The number of nitrogens with one attached hydrogen (secondary N) is 1. The number of rotatable bonds is 6. The first-order chi connectivity index (χ1) is 9.06. The van der Waals surface area contributed by atoms with Crippen LogP contribution in [0.3, 0.4) is 0 Å². The summed E-state index contributed by atoms with van der Waals surface area (Å²) < 4.78 is 24.3. The first kappa shape index (κ1) is 14.4. The van der Waals surface area contributed by atoms with Gasteiger partial charge in [-0.3, -0.25) is 0 Å². The van der Waals surface area contributed by atoms with Crippen molar-refractivity contribution in [1.29, 1.82) is 0 Å². The van der Waals surface area contributed by atoms with Crippen molar-refractivity contribution in [2.24, 2.45) is 0 Å². The molecule has 6 heteroatoms. The maximum Gasteiger partial charge on any atom is 0.203 e. The van der Waals surface area contributed by atoms with E-state index >= 15 is 0 Å². The zero-order valence-electron chi connectivity index (χ0n) is 11.5. The van der Waals surface area contributed by atoms with Crippen LogP contribution in [0.25, 0.3) is 0 Å². The Bertz CT molecular complexity index is 490. The summed E-state index contributed by atoms with van der Waals surface area (Å²) in [5.74, 6) is 1.10. The van der Waals surface area contributed by atoms with Gasteiger partial charge in [0, 0.05) is 31.2 Å². The van der Waals surface area contributed by atoms with Crippen molar-refractivity contribution in [3.63, 3.8) is 0 Å². The molecule has 1 aromatic heterocycles. The lowest BCUT2D eigenvalue weighted by Crippen LogP contribution is -2.17. The zero-order chi connectivity index (χ0) is 13.7. The van der Waals surface area contributed by atoms with Gasteiger partial charge in [0.1, 0.15) is 9.84 Å².